The van der Waals surface area contributed by atoms with Crippen molar-refractivity contribution in [3.05, 3.63) is 29.8 Å². The second-order valence-corrected chi connectivity index (χ2v) is 13.4. The Hall–Kier alpha value is -0.653. The first-order valence-electron chi connectivity index (χ1n) is 6.61. The van der Waals surface area contributed by atoms with Gasteiger partial charge >= 0.3 is 0 Å². The fraction of sp³-hybridized carbons (Fsp3) is 0.571. The number of hydrogen-bond donors (Lipinski definition) is 0. The van der Waals surface area contributed by atoms with Gasteiger partial charge < -0.3 is 0 Å². The molecule has 3 nitrogen and oxygen atoms in total. The summed E-state index contributed by atoms with van der Waals surface area (Å²) in [7, 11) is -5.37. The summed E-state index contributed by atoms with van der Waals surface area (Å²) in [5.41, 5.74) is 0.738. The average molecular weight is 298 g/mol. The normalized spacial score (nSPS) is 27.3. The first kappa shape index (κ1) is 14.7. The molecular formula is C14H22O3SSi. The van der Waals surface area contributed by atoms with Crippen LogP contribution in [0.1, 0.15) is 18.9 Å². The van der Waals surface area contributed by atoms with Gasteiger partial charge in [0.15, 0.2) is 0 Å². The molecule has 5 heteroatoms. The van der Waals surface area contributed by atoms with Gasteiger partial charge in [-0.05, 0) is 30.9 Å². The molecule has 1 aliphatic rings. The molecule has 2 atom stereocenters. The summed E-state index contributed by atoms with van der Waals surface area (Å²) in [6.45, 7) is 10.4. The predicted octanol–water partition coefficient (Wildman–Crippen LogP) is 3.36. The topological polar surface area (TPSA) is 43.4 Å². The van der Waals surface area contributed by atoms with Gasteiger partial charge in [0.25, 0.3) is 10.1 Å². The molecule has 0 amide bonds. The lowest BCUT2D eigenvalue weighted by Gasteiger charge is -2.29. The summed E-state index contributed by atoms with van der Waals surface area (Å²) in [6, 6.07) is 6.99. The second kappa shape index (κ2) is 4.43. The van der Waals surface area contributed by atoms with Crippen LogP contribution < -0.4 is 0 Å². The first-order valence-corrected chi connectivity index (χ1v) is 11.5. The molecule has 0 aliphatic heterocycles. The van der Waals surface area contributed by atoms with E-state index in [0.29, 0.717) is 10.8 Å². The maximum Gasteiger partial charge on any atom is 0.297 e. The van der Waals surface area contributed by atoms with E-state index < -0.39 is 23.4 Å². The minimum Gasteiger partial charge on any atom is -0.263 e. The summed E-state index contributed by atoms with van der Waals surface area (Å²) in [5, 5.41) is -0.423. The molecule has 0 saturated heterocycles. The van der Waals surface area contributed by atoms with E-state index in [9.17, 15) is 8.42 Å². The number of benzene rings is 1. The molecule has 0 bridgehead atoms. The molecular weight excluding hydrogens is 276 g/mol. The highest BCUT2D eigenvalue weighted by Gasteiger charge is 2.63. The van der Waals surface area contributed by atoms with Gasteiger partial charge in [-0.3, -0.25) is 4.18 Å². The third-order valence-corrected chi connectivity index (χ3v) is 9.14. The predicted molar refractivity (Wildman–Crippen MR) is 79.3 cm³/mol. The Labute approximate surface area is 117 Å². The molecule has 1 aromatic rings. The Morgan fingerprint density at radius 3 is 2.21 bits per heavy atom. The molecule has 106 valence electrons. The lowest BCUT2D eigenvalue weighted by atomic mass is 10.2. The molecule has 0 radical (unpaired) electrons. The van der Waals surface area contributed by atoms with Crippen molar-refractivity contribution >= 4 is 18.2 Å². The van der Waals surface area contributed by atoms with Gasteiger partial charge in [0.2, 0.25) is 0 Å². The molecule has 0 aromatic heterocycles. The highest BCUT2D eigenvalue weighted by Crippen LogP contribution is 2.54. The van der Waals surface area contributed by atoms with Crippen LogP contribution in [0, 0.1) is 12.8 Å². The van der Waals surface area contributed by atoms with E-state index in [2.05, 4.69) is 26.6 Å². The highest BCUT2D eigenvalue weighted by atomic mass is 32.2. The summed E-state index contributed by atoms with van der Waals surface area (Å²) in [6.07, 6.45) is 0.855. The van der Waals surface area contributed by atoms with Crippen molar-refractivity contribution in [3.63, 3.8) is 0 Å². The Kier molecular flexibility index (Phi) is 3.44. The smallest absolute Gasteiger partial charge is 0.263 e. The van der Waals surface area contributed by atoms with Crippen LogP contribution in [0.2, 0.25) is 19.6 Å². The zero-order valence-corrected chi connectivity index (χ0v) is 14.0. The third kappa shape index (κ3) is 2.51. The van der Waals surface area contributed by atoms with Crippen LogP contribution in [-0.2, 0) is 14.3 Å². The van der Waals surface area contributed by atoms with E-state index in [0.717, 1.165) is 12.0 Å². The molecule has 2 unspecified atom stereocenters. The van der Waals surface area contributed by atoms with Gasteiger partial charge in [-0.25, -0.2) is 0 Å². The van der Waals surface area contributed by atoms with Gasteiger partial charge in [-0.1, -0.05) is 44.8 Å². The zero-order chi connectivity index (χ0) is 14.5. The lowest BCUT2D eigenvalue weighted by molar-refractivity contribution is 0.242. The highest BCUT2D eigenvalue weighted by molar-refractivity contribution is 7.87. The van der Waals surface area contributed by atoms with Crippen LogP contribution in [0.5, 0.6) is 0 Å². The number of aryl methyl sites for hydroxylation is 1. The van der Waals surface area contributed by atoms with Crippen molar-refractivity contribution in [1.82, 2.24) is 0 Å². The SMILES string of the molecule is Cc1ccccc1S(=O)(=O)OC1([Si](C)(C)C)CC1C. The van der Waals surface area contributed by atoms with E-state index in [1.165, 1.54) is 0 Å². The van der Waals surface area contributed by atoms with Gasteiger partial charge in [0.1, 0.15) is 0 Å². The number of rotatable bonds is 4. The molecule has 2 rings (SSSR count). The molecule has 0 heterocycles. The maximum atomic E-state index is 12.5. The standard InChI is InChI=1S/C14H22O3SSi/c1-11-8-6-7-9-13(11)18(15,16)17-14(10-12(14)2)19(3,4)5/h6-9,12H,10H2,1-5H3. The molecule has 1 fully saturated rings. The second-order valence-electron chi connectivity index (χ2n) is 6.55. The van der Waals surface area contributed by atoms with Gasteiger partial charge in [0, 0.05) is 0 Å². The van der Waals surface area contributed by atoms with Crippen molar-refractivity contribution in [2.75, 3.05) is 0 Å². The van der Waals surface area contributed by atoms with Gasteiger partial charge in [-0.15, -0.1) is 0 Å². The lowest BCUT2D eigenvalue weighted by Crippen LogP contribution is -2.45. The average Bonchev–Trinajstić information content (AvgIpc) is 2.89. The molecule has 1 aliphatic carbocycles. The van der Waals surface area contributed by atoms with Crippen LogP contribution in [0.25, 0.3) is 0 Å². The summed E-state index contributed by atoms with van der Waals surface area (Å²) in [4.78, 5) is 0.298. The van der Waals surface area contributed by atoms with Crippen LogP contribution >= 0.6 is 0 Å². The Morgan fingerprint density at radius 2 is 1.79 bits per heavy atom. The van der Waals surface area contributed by atoms with Crippen LogP contribution in [0.15, 0.2) is 29.2 Å². The van der Waals surface area contributed by atoms with Crippen molar-refractivity contribution in [3.8, 4) is 0 Å². The minimum absolute atomic E-state index is 0.298. The van der Waals surface area contributed by atoms with Gasteiger partial charge in [0.05, 0.1) is 18.2 Å². The fourth-order valence-corrected chi connectivity index (χ4v) is 7.91. The molecule has 0 N–H and O–H groups in total. The molecule has 1 aromatic carbocycles. The van der Waals surface area contributed by atoms with E-state index in [1.54, 1.807) is 25.1 Å². The molecule has 1 saturated carbocycles. The van der Waals surface area contributed by atoms with Crippen molar-refractivity contribution in [2.45, 2.75) is 50.0 Å². The van der Waals surface area contributed by atoms with Crippen LogP contribution in [0.4, 0.5) is 0 Å². The molecule has 19 heavy (non-hydrogen) atoms. The van der Waals surface area contributed by atoms with Crippen molar-refractivity contribution in [1.29, 1.82) is 0 Å². The Bertz CT molecular complexity index is 589. The maximum absolute atomic E-state index is 12.5. The van der Waals surface area contributed by atoms with E-state index in [1.807, 2.05) is 6.07 Å². The van der Waals surface area contributed by atoms with Crippen LogP contribution in [0.3, 0.4) is 0 Å². The quantitative estimate of drug-likeness (QED) is 0.632. The Morgan fingerprint density at radius 1 is 1.26 bits per heavy atom. The van der Waals surface area contributed by atoms with Crippen molar-refractivity contribution < 1.29 is 12.6 Å². The Balaban J connectivity index is 2.36. The largest absolute Gasteiger partial charge is 0.297 e. The summed E-state index contributed by atoms with van der Waals surface area (Å²) >= 11 is 0. The zero-order valence-electron chi connectivity index (χ0n) is 12.2. The molecule has 0 spiro atoms. The fourth-order valence-electron chi connectivity index (χ4n) is 2.76. The number of hydrogen-bond acceptors (Lipinski definition) is 3. The van der Waals surface area contributed by atoms with Crippen molar-refractivity contribution in [2.24, 2.45) is 5.92 Å². The third-order valence-electron chi connectivity index (χ3n) is 4.14. The van der Waals surface area contributed by atoms with E-state index in [-0.39, 0.29) is 0 Å². The minimum atomic E-state index is -3.67. The van der Waals surface area contributed by atoms with Crippen LogP contribution in [-0.4, -0.2) is 21.7 Å². The summed E-state index contributed by atoms with van der Waals surface area (Å²) in [5.74, 6) is 0.331. The first-order chi connectivity index (χ1) is 8.60. The van der Waals surface area contributed by atoms with E-state index >= 15 is 0 Å². The van der Waals surface area contributed by atoms with Gasteiger partial charge in [-0.2, -0.15) is 8.42 Å². The van der Waals surface area contributed by atoms with E-state index in [4.69, 9.17) is 4.18 Å². The summed E-state index contributed by atoms with van der Waals surface area (Å²) < 4.78 is 30.7. The monoisotopic (exact) mass is 298 g/mol.